The molecule has 1 aromatic heterocycles. The smallest absolute Gasteiger partial charge is 0.246 e. The number of thiazole rings is 1. The second-order valence-corrected chi connectivity index (χ2v) is 5.69. The summed E-state index contributed by atoms with van der Waals surface area (Å²) in [5.74, 6) is 0.0696. The van der Waals surface area contributed by atoms with Gasteiger partial charge in [-0.25, -0.2) is 4.98 Å². The molecule has 20 heavy (non-hydrogen) atoms. The Balaban J connectivity index is 2.05. The summed E-state index contributed by atoms with van der Waals surface area (Å²) in [6.07, 6.45) is 5.61. The third-order valence-electron chi connectivity index (χ3n) is 3.15. The van der Waals surface area contributed by atoms with Crippen molar-refractivity contribution >= 4 is 33.5 Å². The molecule has 0 saturated heterocycles. The Hall–Kier alpha value is -1.68. The molecule has 2 rings (SSSR count). The molecular formula is C16H20N2OS. The lowest BCUT2D eigenvalue weighted by Gasteiger charge is -2.18. The first-order valence-corrected chi connectivity index (χ1v) is 7.88. The van der Waals surface area contributed by atoms with E-state index in [1.807, 2.05) is 42.2 Å². The summed E-state index contributed by atoms with van der Waals surface area (Å²) < 4.78 is 1.15. The van der Waals surface area contributed by atoms with Crippen LogP contribution in [0, 0.1) is 0 Å². The maximum atomic E-state index is 12.1. The molecule has 0 saturated carbocycles. The number of amides is 1. The van der Waals surface area contributed by atoms with Gasteiger partial charge in [0.25, 0.3) is 0 Å². The minimum Gasteiger partial charge on any atom is -0.339 e. The molecule has 1 aromatic carbocycles. The van der Waals surface area contributed by atoms with Gasteiger partial charge in [0.05, 0.1) is 10.2 Å². The average molecular weight is 288 g/mol. The number of para-hydroxylation sites is 1. The average Bonchev–Trinajstić information content (AvgIpc) is 2.88. The number of rotatable bonds is 6. The zero-order chi connectivity index (χ0) is 14.4. The van der Waals surface area contributed by atoms with Gasteiger partial charge in [-0.2, -0.15) is 0 Å². The Morgan fingerprint density at radius 1 is 1.35 bits per heavy atom. The molecule has 0 aliphatic heterocycles. The molecular weight excluding hydrogens is 268 g/mol. The molecule has 0 radical (unpaired) electrons. The third-order valence-corrected chi connectivity index (χ3v) is 4.16. The van der Waals surface area contributed by atoms with E-state index in [0.717, 1.165) is 41.2 Å². The number of carbonyl (C=O) groups excluding carboxylic acids is 1. The van der Waals surface area contributed by atoms with Crippen molar-refractivity contribution in [2.75, 3.05) is 13.1 Å². The van der Waals surface area contributed by atoms with Crippen LogP contribution in [0.25, 0.3) is 16.3 Å². The van der Waals surface area contributed by atoms with Crippen molar-refractivity contribution < 1.29 is 4.79 Å². The monoisotopic (exact) mass is 288 g/mol. The van der Waals surface area contributed by atoms with E-state index in [2.05, 4.69) is 11.9 Å². The normalized spacial score (nSPS) is 11.3. The van der Waals surface area contributed by atoms with E-state index in [0.29, 0.717) is 0 Å². The van der Waals surface area contributed by atoms with Gasteiger partial charge in [0, 0.05) is 19.2 Å². The summed E-state index contributed by atoms with van der Waals surface area (Å²) >= 11 is 1.61. The highest BCUT2D eigenvalue weighted by Crippen LogP contribution is 2.22. The van der Waals surface area contributed by atoms with Crippen molar-refractivity contribution in [2.45, 2.75) is 26.7 Å². The number of likely N-dealkylation sites (N-methyl/N-ethyl adjacent to an activating group) is 1. The van der Waals surface area contributed by atoms with E-state index in [9.17, 15) is 4.79 Å². The van der Waals surface area contributed by atoms with E-state index >= 15 is 0 Å². The zero-order valence-corrected chi connectivity index (χ0v) is 12.8. The number of nitrogens with zero attached hydrogens (tertiary/aromatic N) is 2. The molecule has 0 aliphatic rings. The summed E-state index contributed by atoms with van der Waals surface area (Å²) in [6, 6.07) is 8.02. The first-order valence-electron chi connectivity index (χ1n) is 7.07. The van der Waals surface area contributed by atoms with Crippen LogP contribution in [0.1, 0.15) is 31.7 Å². The third kappa shape index (κ3) is 3.67. The molecule has 106 valence electrons. The van der Waals surface area contributed by atoms with Crippen LogP contribution in [0.15, 0.2) is 30.3 Å². The number of fused-ring (bicyclic) bond motifs is 1. The van der Waals surface area contributed by atoms with Crippen molar-refractivity contribution in [3.8, 4) is 0 Å². The summed E-state index contributed by atoms with van der Waals surface area (Å²) in [5, 5.41) is 0.881. The Labute approximate surface area is 123 Å². The first kappa shape index (κ1) is 14.7. The van der Waals surface area contributed by atoms with Gasteiger partial charge < -0.3 is 4.90 Å². The minimum atomic E-state index is 0.0696. The SMILES string of the molecule is CCCCN(CC)C(=O)/C=C/c1nc2ccccc2s1. The second kappa shape index (κ2) is 7.20. The Kier molecular flexibility index (Phi) is 5.30. The van der Waals surface area contributed by atoms with E-state index in [1.54, 1.807) is 17.4 Å². The second-order valence-electron chi connectivity index (χ2n) is 4.62. The lowest BCUT2D eigenvalue weighted by Crippen LogP contribution is -2.30. The standard InChI is InChI=1S/C16H20N2OS/c1-3-5-12-18(4-2)16(19)11-10-15-17-13-8-6-7-9-14(13)20-15/h6-11H,3-5,12H2,1-2H3/b11-10+. The fourth-order valence-corrected chi connectivity index (χ4v) is 2.85. The van der Waals surface area contributed by atoms with Gasteiger partial charge in [0.1, 0.15) is 5.01 Å². The number of hydrogen-bond donors (Lipinski definition) is 0. The minimum absolute atomic E-state index is 0.0696. The quantitative estimate of drug-likeness (QED) is 0.754. The molecule has 0 aliphatic carbocycles. The topological polar surface area (TPSA) is 33.2 Å². The lowest BCUT2D eigenvalue weighted by molar-refractivity contribution is -0.125. The summed E-state index contributed by atoms with van der Waals surface area (Å²) in [4.78, 5) is 18.4. The van der Waals surface area contributed by atoms with Crippen molar-refractivity contribution in [1.82, 2.24) is 9.88 Å². The largest absolute Gasteiger partial charge is 0.339 e. The van der Waals surface area contributed by atoms with Crippen LogP contribution in [-0.4, -0.2) is 28.9 Å². The number of aromatic nitrogens is 1. The number of benzene rings is 1. The van der Waals surface area contributed by atoms with Crippen LogP contribution in [0.2, 0.25) is 0 Å². The Morgan fingerprint density at radius 2 is 2.15 bits per heavy atom. The summed E-state index contributed by atoms with van der Waals surface area (Å²) in [6.45, 7) is 5.73. The van der Waals surface area contributed by atoms with Crippen LogP contribution < -0.4 is 0 Å². The van der Waals surface area contributed by atoms with E-state index in [-0.39, 0.29) is 5.91 Å². The Bertz CT molecular complexity index is 570. The molecule has 2 aromatic rings. The van der Waals surface area contributed by atoms with Crippen LogP contribution in [0.4, 0.5) is 0 Å². The van der Waals surface area contributed by atoms with Crippen molar-refractivity contribution in [3.05, 3.63) is 35.3 Å². The van der Waals surface area contributed by atoms with Crippen LogP contribution in [-0.2, 0) is 4.79 Å². The van der Waals surface area contributed by atoms with Gasteiger partial charge in [-0.15, -0.1) is 11.3 Å². The number of carbonyl (C=O) groups is 1. The van der Waals surface area contributed by atoms with Crippen LogP contribution in [0.5, 0.6) is 0 Å². The molecule has 0 atom stereocenters. The summed E-state index contributed by atoms with van der Waals surface area (Å²) in [5.41, 5.74) is 0.989. The molecule has 0 bridgehead atoms. The van der Waals surface area contributed by atoms with Gasteiger partial charge in [0.15, 0.2) is 0 Å². The first-order chi connectivity index (χ1) is 9.74. The summed E-state index contributed by atoms with van der Waals surface area (Å²) in [7, 11) is 0. The molecule has 0 spiro atoms. The highest BCUT2D eigenvalue weighted by molar-refractivity contribution is 7.19. The maximum absolute atomic E-state index is 12.1. The zero-order valence-electron chi connectivity index (χ0n) is 12.0. The predicted molar refractivity (Wildman–Crippen MR) is 85.8 cm³/mol. The fourth-order valence-electron chi connectivity index (χ4n) is 1.98. The lowest BCUT2D eigenvalue weighted by atomic mass is 10.3. The van der Waals surface area contributed by atoms with E-state index < -0.39 is 0 Å². The predicted octanol–water partition coefficient (Wildman–Crippen LogP) is 3.96. The van der Waals surface area contributed by atoms with Gasteiger partial charge in [0.2, 0.25) is 5.91 Å². The fraction of sp³-hybridized carbons (Fsp3) is 0.375. The highest BCUT2D eigenvalue weighted by Gasteiger charge is 2.07. The van der Waals surface area contributed by atoms with Crippen molar-refractivity contribution in [3.63, 3.8) is 0 Å². The van der Waals surface area contributed by atoms with Crippen LogP contribution in [0.3, 0.4) is 0 Å². The van der Waals surface area contributed by atoms with Gasteiger partial charge in [-0.3, -0.25) is 4.79 Å². The highest BCUT2D eigenvalue weighted by atomic mass is 32.1. The van der Waals surface area contributed by atoms with Gasteiger partial charge >= 0.3 is 0 Å². The number of unbranched alkanes of at least 4 members (excludes halogenated alkanes) is 1. The van der Waals surface area contributed by atoms with Crippen LogP contribution >= 0.6 is 11.3 Å². The van der Waals surface area contributed by atoms with Crippen molar-refractivity contribution in [1.29, 1.82) is 0 Å². The number of hydrogen-bond acceptors (Lipinski definition) is 3. The Morgan fingerprint density at radius 3 is 2.85 bits per heavy atom. The molecule has 4 heteroatoms. The molecule has 0 unspecified atom stereocenters. The molecule has 3 nitrogen and oxygen atoms in total. The maximum Gasteiger partial charge on any atom is 0.246 e. The van der Waals surface area contributed by atoms with Gasteiger partial charge in [-0.1, -0.05) is 25.5 Å². The molecule has 0 N–H and O–H groups in total. The molecule has 0 fully saturated rings. The molecule has 1 heterocycles. The van der Waals surface area contributed by atoms with Crippen molar-refractivity contribution in [2.24, 2.45) is 0 Å². The van der Waals surface area contributed by atoms with Gasteiger partial charge in [-0.05, 0) is 31.6 Å². The van der Waals surface area contributed by atoms with E-state index in [1.165, 1.54) is 0 Å². The van der Waals surface area contributed by atoms with E-state index in [4.69, 9.17) is 0 Å². The molecule has 1 amide bonds.